The first-order chi connectivity index (χ1) is 11.4. The van der Waals surface area contributed by atoms with Crippen LogP contribution in [0.4, 0.5) is 4.79 Å². The molecule has 1 N–H and O–H groups in total. The van der Waals surface area contributed by atoms with E-state index in [1.165, 1.54) is 4.90 Å². The number of carboxylic acid groups (broad SMARTS) is 1. The molecular weight excluding hydrogens is 353 g/mol. The van der Waals surface area contributed by atoms with Crippen molar-refractivity contribution in [3.05, 3.63) is 40.0 Å². The lowest BCUT2D eigenvalue weighted by molar-refractivity contribution is 0.0507. The minimum atomic E-state index is -0.964. The molecule has 0 aliphatic carbocycles. The standard InChI is InChI=1S/C16H15Cl2N3O3/c1-9-8-20(4-5-21(9)16(23)24)15(22)10-2-3-11-12(17)7-14(18)19-13(11)6-10/h2-3,6-7,9H,4-5,8H2,1H3,(H,23,24)/t9-/m1/s1. The smallest absolute Gasteiger partial charge is 0.407 e. The van der Waals surface area contributed by atoms with Gasteiger partial charge in [0.2, 0.25) is 0 Å². The highest BCUT2D eigenvalue weighted by Gasteiger charge is 2.30. The maximum absolute atomic E-state index is 12.7. The number of halogens is 2. The molecule has 0 unspecified atom stereocenters. The number of hydrogen-bond donors (Lipinski definition) is 1. The van der Waals surface area contributed by atoms with Crippen LogP contribution < -0.4 is 0 Å². The summed E-state index contributed by atoms with van der Waals surface area (Å²) in [6, 6.07) is 6.40. The number of carbonyl (C=O) groups is 2. The number of rotatable bonds is 1. The molecule has 1 aliphatic rings. The van der Waals surface area contributed by atoms with Gasteiger partial charge in [0, 0.05) is 36.6 Å². The minimum Gasteiger partial charge on any atom is -0.465 e. The number of pyridine rings is 1. The number of piperazine rings is 1. The van der Waals surface area contributed by atoms with Crippen LogP contribution in [-0.4, -0.2) is 57.6 Å². The summed E-state index contributed by atoms with van der Waals surface area (Å²) >= 11 is 12.0. The first-order valence-electron chi connectivity index (χ1n) is 7.41. The van der Waals surface area contributed by atoms with E-state index in [1.807, 2.05) is 0 Å². The predicted octanol–water partition coefficient (Wildman–Crippen LogP) is 3.37. The van der Waals surface area contributed by atoms with Crippen LogP contribution >= 0.6 is 23.2 Å². The first-order valence-corrected chi connectivity index (χ1v) is 8.17. The Bertz CT molecular complexity index is 828. The van der Waals surface area contributed by atoms with Gasteiger partial charge in [0.15, 0.2) is 0 Å². The second-order valence-corrected chi connectivity index (χ2v) is 6.53. The van der Waals surface area contributed by atoms with E-state index in [9.17, 15) is 9.59 Å². The number of benzene rings is 1. The van der Waals surface area contributed by atoms with E-state index in [1.54, 1.807) is 36.1 Å². The van der Waals surface area contributed by atoms with E-state index in [4.69, 9.17) is 28.3 Å². The summed E-state index contributed by atoms with van der Waals surface area (Å²) in [6.07, 6.45) is -0.964. The minimum absolute atomic E-state index is 0.160. The molecular formula is C16H15Cl2N3O3. The maximum Gasteiger partial charge on any atom is 0.407 e. The zero-order valence-corrected chi connectivity index (χ0v) is 14.4. The molecule has 0 radical (unpaired) electrons. The van der Waals surface area contributed by atoms with Gasteiger partial charge in [-0.15, -0.1) is 0 Å². The van der Waals surface area contributed by atoms with Crippen LogP contribution in [0.2, 0.25) is 10.2 Å². The lowest BCUT2D eigenvalue weighted by Gasteiger charge is -2.38. The molecule has 1 atom stereocenters. The molecule has 1 aliphatic heterocycles. The van der Waals surface area contributed by atoms with Crippen molar-refractivity contribution in [1.82, 2.24) is 14.8 Å². The van der Waals surface area contributed by atoms with Crippen LogP contribution in [0, 0.1) is 0 Å². The van der Waals surface area contributed by atoms with E-state index in [0.29, 0.717) is 35.7 Å². The van der Waals surface area contributed by atoms with Gasteiger partial charge in [-0.1, -0.05) is 29.3 Å². The summed E-state index contributed by atoms with van der Waals surface area (Å²) in [6.45, 7) is 2.80. The molecule has 6 nitrogen and oxygen atoms in total. The van der Waals surface area contributed by atoms with Gasteiger partial charge in [-0.2, -0.15) is 0 Å². The summed E-state index contributed by atoms with van der Waals surface area (Å²) in [5.41, 5.74) is 1.03. The molecule has 1 aromatic heterocycles. The maximum atomic E-state index is 12.7. The normalized spacial score (nSPS) is 18.0. The third kappa shape index (κ3) is 3.12. The highest BCUT2D eigenvalue weighted by Crippen LogP contribution is 2.26. The molecule has 0 spiro atoms. The van der Waals surface area contributed by atoms with E-state index >= 15 is 0 Å². The third-order valence-corrected chi connectivity index (χ3v) is 4.64. The highest BCUT2D eigenvalue weighted by molar-refractivity contribution is 6.37. The van der Waals surface area contributed by atoms with Crippen LogP contribution in [0.1, 0.15) is 17.3 Å². The average Bonchev–Trinajstić information content (AvgIpc) is 2.52. The fraction of sp³-hybridized carbons (Fsp3) is 0.312. The number of amides is 2. The largest absolute Gasteiger partial charge is 0.465 e. The zero-order valence-electron chi connectivity index (χ0n) is 12.9. The molecule has 2 aromatic rings. The Kier molecular flexibility index (Phi) is 4.51. The van der Waals surface area contributed by atoms with Crippen molar-refractivity contribution in [3.63, 3.8) is 0 Å². The summed E-state index contributed by atoms with van der Waals surface area (Å²) in [4.78, 5) is 31.0. The molecule has 1 fully saturated rings. The van der Waals surface area contributed by atoms with Crippen molar-refractivity contribution in [2.24, 2.45) is 0 Å². The first kappa shape index (κ1) is 16.8. The van der Waals surface area contributed by atoms with Crippen molar-refractivity contribution in [1.29, 1.82) is 0 Å². The Morgan fingerprint density at radius 3 is 2.67 bits per heavy atom. The van der Waals surface area contributed by atoms with Gasteiger partial charge in [0.25, 0.3) is 5.91 Å². The van der Waals surface area contributed by atoms with Crippen LogP contribution in [0.5, 0.6) is 0 Å². The molecule has 2 heterocycles. The molecule has 0 bridgehead atoms. The quantitative estimate of drug-likeness (QED) is 0.784. The molecule has 0 saturated carbocycles. The van der Waals surface area contributed by atoms with Crippen LogP contribution in [0.15, 0.2) is 24.3 Å². The Hall–Kier alpha value is -2.05. The van der Waals surface area contributed by atoms with Gasteiger partial charge >= 0.3 is 6.09 Å². The zero-order chi connectivity index (χ0) is 17.4. The molecule has 1 aromatic carbocycles. The summed E-state index contributed by atoms with van der Waals surface area (Å²) in [5, 5.41) is 10.6. The van der Waals surface area contributed by atoms with E-state index in [-0.39, 0.29) is 17.1 Å². The Morgan fingerprint density at radius 2 is 2.00 bits per heavy atom. The van der Waals surface area contributed by atoms with Crippen molar-refractivity contribution < 1.29 is 14.7 Å². The number of carbonyl (C=O) groups excluding carboxylic acids is 1. The predicted molar refractivity (Wildman–Crippen MR) is 91.9 cm³/mol. The van der Waals surface area contributed by atoms with E-state index in [0.717, 1.165) is 5.39 Å². The van der Waals surface area contributed by atoms with E-state index < -0.39 is 6.09 Å². The number of aromatic nitrogens is 1. The van der Waals surface area contributed by atoms with Gasteiger partial charge in [0.05, 0.1) is 10.5 Å². The van der Waals surface area contributed by atoms with Crippen molar-refractivity contribution in [3.8, 4) is 0 Å². The van der Waals surface area contributed by atoms with Crippen molar-refractivity contribution in [2.45, 2.75) is 13.0 Å². The Balaban J connectivity index is 1.85. The topological polar surface area (TPSA) is 73.7 Å². The number of hydrogen-bond acceptors (Lipinski definition) is 3. The van der Waals surface area contributed by atoms with Crippen LogP contribution in [0.3, 0.4) is 0 Å². The molecule has 2 amide bonds. The molecule has 3 rings (SSSR count). The van der Waals surface area contributed by atoms with Gasteiger partial charge in [-0.05, 0) is 25.1 Å². The summed E-state index contributed by atoms with van der Waals surface area (Å²) < 4.78 is 0. The molecule has 126 valence electrons. The highest BCUT2D eigenvalue weighted by atomic mass is 35.5. The summed E-state index contributed by atoms with van der Waals surface area (Å²) in [5.74, 6) is -0.160. The van der Waals surface area contributed by atoms with Gasteiger partial charge in [-0.25, -0.2) is 9.78 Å². The Morgan fingerprint density at radius 1 is 1.25 bits per heavy atom. The lowest BCUT2D eigenvalue weighted by atomic mass is 10.1. The monoisotopic (exact) mass is 367 g/mol. The Labute approximate surface area is 148 Å². The number of fused-ring (bicyclic) bond motifs is 1. The molecule has 1 saturated heterocycles. The van der Waals surface area contributed by atoms with Crippen molar-refractivity contribution >= 4 is 46.1 Å². The van der Waals surface area contributed by atoms with Crippen LogP contribution in [0.25, 0.3) is 10.9 Å². The van der Waals surface area contributed by atoms with Crippen molar-refractivity contribution in [2.75, 3.05) is 19.6 Å². The molecule has 8 heteroatoms. The van der Waals surface area contributed by atoms with Gasteiger partial charge in [-0.3, -0.25) is 4.79 Å². The van der Waals surface area contributed by atoms with Gasteiger partial charge < -0.3 is 14.9 Å². The second kappa shape index (κ2) is 6.45. The third-order valence-electron chi connectivity index (χ3n) is 4.14. The van der Waals surface area contributed by atoms with E-state index in [2.05, 4.69) is 4.98 Å². The van der Waals surface area contributed by atoms with Crippen LogP contribution in [-0.2, 0) is 0 Å². The second-order valence-electron chi connectivity index (χ2n) is 5.73. The fourth-order valence-electron chi connectivity index (χ4n) is 2.90. The number of nitrogens with zero attached hydrogens (tertiary/aromatic N) is 3. The average molecular weight is 368 g/mol. The van der Waals surface area contributed by atoms with Gasteiger partial charge in [0.1, 0.15) is 5.15 Å². The fourth-order valence-corrected chi connectivity index (χ4v) is 3.42. The summed E-state index contributed by atoms with van der Waals surface area (Å²) in [7, 11) is 0. The molecule has 24 heavy (non-hydrogen) atoms. The lowest BCUT2D eigenvalue weighted by Crippen LogP contribution is -2.55. The SMILES string of the molecule is C[C@@H]1CN(C(=O)c2ccc3c(Cl)cc(Cl)nc3c2)CCN1C(=O)O.